The quantitative estimate of drug-likeness (QED) is 0.355. The lowest BCUT2D eigenvalue weighted by Gasteiger charge is -2.32. The number of amides is 1. The number of hydrogen-bond acceptors (Lipinski definition) is 9. The molecule has 3 aromatic heterocycles. The summed E-state index contributed by atoms with van der Waals surface area (Å²) in [6, 6.07) is 13.7. The minimum atomic E-state index is -0.0345. The second kappa shape index (κ2) is 10.1. The number of aromatic nitrogens is 4. The van der Waals surface area contributed by atoms with E-state index in [0.29, 0.717) is 29.3 Å². The van der Waals surface area contributed by atoms with Gasteiger partial charge in [-0.05, 0) is 55.7 Å². The molecule has 35 heavy (non-hydrogen) atoms. The van der Waals surface area contributed by atoms with Crippen LogP contribution in [0.15, 0.2) is 65.7 Å². The molecule has 0 radical (unpaired) electrons. The fourth-order valence-corrected chi connectivity index (χ4v) is 4.74. The van der Waals surface area contributed by atoms with Crippen LogP contribution < -0.4 is 10.6 Å². The Kier molecular flexibility index (Phi) is 6.53. The maximum Gasteiger partial charge on any atom is 0.259 e. The van der Waals surface area contributed by atoms with E-state index in [0.717, 1.165) is 41.2 Å². The van der Waals surface area contributed by atoms with E-state index >= 15 is 0 Å². The fraction of sp³-hybridized carbons (Fsp3) is 0.240. The summed E-state index contributed by atoms with van der Waals surface area (Å²) in [7, 11) is 0. The van der Waals surface area contributed by atoms with Crippen molar-refractivity contribution in [3.8, 4) is 22.2 Å². The molecule has 2 N–H and O–H groups in total. The van der Waals surface area contributed by atoms with Crippen molar-refractivity contribution in [3.05, 3.63) is 66.9 Å². The lowest BCUT2D eigenvalue weighted by atomic mass is 10.1. The van der Waals surface area contributed by atoms with Crippen LogP contribution in [0.2, 0.25) is 0 Å². The van der Waals surface area contributed by atoms with E-state index in [1.807, 2.05) is 54.3 Å². The summed E-state index contributed by atoms with van der Waals surface area (Å²) in [5.41, 5.74) is 1.93. The molecule has 1 aromatic carbocycles. The van der Waals surface area contributed by atoms with Crippen molar-refractivity contribution < 1.29 is 9.21 Å². The zero-order valence-electron chi connectivity index (χ0n) is 19.3. The summed E-state index contributed by atoms with van der Waals surface area (Å²) >= 11 is 1.41. The molecule has 1 aliphatic rings. The number of carbonyl (C=O) groups is 1. The Balaban J connectivity index is 1.27. The zero-order valence-corrected chi connectivity index (χ0v) is 20.1. The summed E-state index contributed by atoms with van der Waals surface area (Å²) in [6.45, 7) is 7.00. The predicted octanol–water partition coefficient (Wildman–Crippen LogP) is 4.90. The molecular formula is C25H25N7O2S. The molecule has 1 saturated heterocycles. The molecule has 0 spiro atoms. The van der Waals surface area contributed by atoms with Crippen molar-refractivity contribution in [3.63, 3.8) is 0 Å². The first-order chi connectivity index (χ1) is 17.1. The number of hydrogen-bond donors (Lipinski definition) is 2. The van der Waals surface area contributed by atoms with E-state index < -0.39 is 0 Å². The van der Waals surface area contributed by atoms with Gasteiger partial charge in [0.25, 0.3) is 5.89 Å². The van der Waals surface area contributed by atoms with Gasteiger partial charge in [0.2, 0.25) is 11.8 Å². The Morgan fingerprint density at radius 2 is 2.00 bits per heavy atom. The molecular weight excluding hydrogens is 462 g/mol. The van der Waals surface area contributed by atoms with Crippen molar-refractivity contribution >= 4 is 34.0 Å². The van der Waals surface area contributed by atoms with Crippen molar-refractivity contribution in [2.75, 3.05) is 23.7 Å². The van der Waals surface area contributed by atoms with E-state index in [2.05, 4.69) is 32.4 Å². The number of anilines is 3. The van der Waals surface area contributed by atoms with Crippen LogP contribution in [0.1, 0.15) is 18.4 Å². The molecule has 9 nitrogen and oxygen atoms in total. The number of nitrogens with one attached hydrogen (secondary N) is 2. The Labute approximate surface area is 206 Å². The normalized spacial score (nSPS) is 15.6. The third kappa shape index (κ3) is 5.38. The van der Waals surface area contributed by atoms with Gasteiger partial charge in [0.15, 0.2) is 5.13 Å². The maximum absolute atomic E-state index is 12.0. The van der Waals surface area contributed by atoms with E-state index in [-0.39, 0.29) is 11.9 Å². The predicted molar refractivity (Wildman–Crippen MR) is 137 cm³/mol. The topological polar surface area (TPSA) is 109 Å². The van der Waals surface area contributed by atoms with Gasteiger partial charge in [-0.3, -0.25) is 4.79 Å². The number of likely N-dealkylation sites (tertiary alicyclic amines) is 1. The van der Waals surface area contributed by atoms with Gasteiger partial charge < -0.3 is 20.0 Å². The second-order valence-corrected chi connectivity index (χ2v) is 9.35. The molecule has 1 aliphatic heterocycles. The summed E-state index contributed by atoms with van der Waals surface area (Å²) in [6.07, 6.45) is 4.99. The first-order valence-corrected chi connectivity index (χ1v) is 12.2. The fourth-order valence-electron chi connectivity index (χ4n) is 4.00. The molecule has 0 aliphatic carbocycles. The maximum atomic E-state index is 12.0. The lowest BCUT2D eigenvalue weighted by molar-refractivity contribution is -0.127. The average molecular weight is 488 g/mol. The van der Waals surface area contributed by atoms with Gasteiger partial charge in [0.05, 0.1) is 6.20 Å². The smallest absolute Gasteiger partial charge is 0.259 e. The number of carbonyl (C=O) groups excluding carboxylic acids is 1. The molecule has 4 aromatic rings. The minimum Gasteiger partial charge on any atom is -0.415 e. The van der Waals surface area contributed by atoms with Crippen LogP contribution in [-0.2, 0) is 4.79 Å². The standard InChI is InChI=1S/C25H25N7O2S/c1-3-22(33)32-11-7-10-18(15-32)27-20-12-16(2)13-21(28-20)29-25-26-14-19(35-25)24-31-30-23(34-24)17-8-5-4-6-9-17/h3-6,8-9,12-14,18H,1,7,10-11,15H2,2H3,(H2,26,27,28,29)/t18-/m0/s1. The largest absolute Gasteiger partial charge is 0.415 e. The van der Waals surface area contributed by atoms with Gasteiger partial charge in [-0.25, -0.2) is 9.97 Å². The number of benzene rings is 1. The van der Waals surface area contributed by atoms with Gasteiger partial charge in [0, 0.05) is 24.7 Å². The first kappa shape index (κ1) is 22.7. The van der Waals surface area contributed by atoms with Gasteiger partial charge in [0.1, 0.15) is 16.5 Å². The minimum absolute atomic E-state index is 0.0345. The number of thiazole rings is 1. The van der Waals surface area contributed by atoms with Gasteiger partial charge in [-0.1, -0.05) is 36.1 Å². The van der Waals surface area contributed by atoms with Crippen molar-refractivity contribution in [1.82, 2.24) is 25.1 Å². The van der Waals surface area contributed by atoms with Gasteiger partial charge >= 0.3 is 0 Å². The molecule has 0 bridgehead atoms. The van der Waals surface area contributed by atoms with E-state index in [9.17, 15) is 4.79 Å². The van der Waals surface area contributed by atoms with Crippen LogP contribution in [0.5, 0.6) is 0 Å². The Morgan fingerprint density at radius 1 is 1.20 bits per heavy atom. The Morgan fingerprint density at radius 3 is 2.83 bits per heavy atom. The summed E-state index contributed by atoms with van der Waals surface area (Å²) < 4.78 is 5.84. The van der Waals surface area contributed by atoms with Crippen LogP contribution in [0.3, 0.4) is 0 Å². The van der Waals surface area contributed by atoms with Crippen molar-refractivity contribution in [2.24, 2.45) is 0 Å². The monoisotopic (exact) mass is 487 g/mol. The summed E-state index contributed by atoms with van der Waals surface area (Å²) in [5, 5.41) is 15.7. The Bertz CT molecular complexity index is 1330. The number of piperidine rings is 1. The van der Waals surface area contributed by atoms with E-state index in [1.165, 1.54) is 17.4 Å². The summed E-state index contributed by atoms with van der Waals surface area (Å²) in [5.74, 6) is 2.29. The second-order valence-electron chi connectivity index (χ2n) is 8.32. The number of pyridine rings is 1. The van der Waals surface area contributed by atoms with E-state index in [1.54, 1.807) is 6.20 Å². The van der Waals surface area contributed by atoms with Crippen molar-refractivity contribution in [1.29, 1.82) is 0 Å². The highest BCUT2D eigenvalue weighted by atomic mass is 32.1. The number of aryl methyl sites for hydroxylation is 1. The molecule has 10 heteroatoms. The molecule has 1 fully saturated rings. The first-order valence-electron chi connectivity index (χ1n) is 11.4. The molecule has 5 rings (SSSR count). The van der Waals surface area contributed by atoms with Crippen LogP contribution in [0.4, 0.5) is 16.8 Å². The van der Waals surface area contributed by atoms with Crippen LogP contribution in [-0.4, -0.2) is 50.1 Å². The van der Waals surface area contributed by atoms with Crippen LogP contribution >= 0.6 is 11.3 Å². The third-order valence-corrected chi connectivity index (χ3v) is 6.53. The van der Waals surface area contributed by atoms with E-state index in [4.69, 9.17) is 9.40 Å². The molecule has 0 unspecified atom stereocenters. The molecule has 4 heterocycles. The average Bonchev–Trinajstić information content (AvgIpc) is 3.54. The molecule has 0 saturated carbocycles. The molecule has 1 amide bonds. The molecule has 1 atom stereocenters. The van der Waals surface area contributed by atoms with Crippen molar-refractivity contribution in [2.45, 2.75) is 25.8 Å². The number of rotatable bonds is 7. The highest BCUT2D eigenvalue weighted by molar-refractivity contribution is 7.18. The highest BCUT2D eigenvalue weighted by Crippen LogP contribution is 2.31. The Hall–Kier alpha value is -4.05. The third-order valence-electron chi connectivity index (χ3n) is 5.63. The number of nitrogens with zero attached hydrogens (tertiary/aromatic N) is 5. The van der Waals surface area contributed by atoms with Crippen LogP contribution in [0, 0.1) is 6.92 Å². The SMILES string of the molecule is C=CC(=O)N1CCC[C@H](Nc2cc(C)cc(Nc3ncc(-c4nnc(-c5ccccc5)o4)s3)n2)C1. The lowest BCUT2D eigenvalue weighted by Crippen LogP contribution is -2.44. The van der Waals surface area contributed by atoms with Gasteiger partial charge in [-0.2, -0.15) is 0 Å². The van der Waals surface area contributed by atoms with Crippen LogP contribution in [0.25, 0.3) is 22.2 Å². The highest BCUT2D eigenvalue weighted by Gasteiger charge is 2.22. The molecule has 178 valence electrons. The van der Waals surface area contributed by atoms with Gasteiger partial charge in [-0.15, -0.1) is 10.2 Å². The summed E-state index contributed by atoms with van der Waals surface area (Å²) in [4.78, 5) is 23.7. The zero-order chi connectivity index (χ0) is 24.2.